The lowest BCUT2D eigenvalue weighted by Gasteiger charge is -2.33. The molecule has 1 saturated carbocycles. The Kier molecular flexibility index (Phi) is 2.05. The molecule has 0 saturated heterocycles. The Bertz CT molecular complexity index is 421. The summed E-state index contributed by atoms with van der Waals surface area (Å²) >= 11 is 0. The maximum absolute atomic E-state index is 6.38. The van der Waals surface area contributed by atoms with Crippen molar-refractivity contribution in [2.75, 3.05) is 6.61 Å². The minimum absolute atomic E-state index is 0.176. The molecular formula is C14H19NO. The Morgan fingerprint density at radius 2 is 2.12 bits per heavy atom. The van der Waals surface area contributed by atoms with Crippen LogP contribution in [0, 0.1) is 5.41 Å². The first-order valence-corrected chi connectivity index (χ1v) is 6.15. The molecule has 1 spiro atoms. The number of hydrogen-bond donors (Lipinski definition) is 1. The van der Waals surface area contributed by atoms with Gasteiger partial charge in [-0.1, -0.05) is 32.0 Å². The summed E-state index contributed by atoms with van der Waals surface area (Å²) in [6.45, 7) is 5.21. The van der Waals surface area contributed by atoms with Gasteiger partial charge in [0, 0.05) is 17.0 Å². The number of nitrogens with two attached hydrogens (primary N) is 1. The number of ether oxygens (including phenoxy) is 1. The van der Waals surface area contributed by atoms with Gasteiger partial charge in [0.2, 0.25) is 0 Å². The highest BCUT2D eigenvalue weighted by Gasteiger charge is 2.52. The summed E-state index contributed by atoms with van der Waals surface area (Å²) in [6, 6.07) is 6.57. The van der Waals surface area contributed by atoms with Crippen LogP contribution in [0.5, 0.6) is 5.75 Å². The Labute approximate surface area is 96.8 Å². The molecule has 1 aliphatic carbocycles. The third-order valence-corrected chi connectivity index (χ3v) is 4.09. The molecule has 1 aliphatic heterocycles. The highest BCUT2D eigenvalue weighted by Crippen LogP contribution is 2.58. The van der Waals surface area contributed by atoms with Crippen molar-refractivity contribution in [1.82, 2.24) is 0 Å². The molecule has 1 fully saturated rings. The quantitative estimate of drug-likeness (QED) is 0.785. The summed E-state index contributed by atoms with van der Waals surface area (Å²) < 4.78 is 5.98. The number of hydrogen-bond acceptors (Lipinski definition) is 2. The first kappa shape index (κ1) is 10.2. The van der Waals surface area contributed by atoms with Crippen LogP contribution in [0.3, 0.4) is 0 Å². The fraction of sp³-hybridized carbons (Fsp3) is 0.571. The predicted molar refractivity (Wildman–Crippen MR) is 64.6 cm³/mol. The summed E-state index contributed by atoms with van der Waals surface area (Å²) in [5, 5.41) is 0. The van der Waals surface area contributed by atoms with E-state index >= 15 is 0 Å². The molecule has 2 nitrogen and oxygen atoms in total. The molecule has 86 valence electrons. The number of benzene rings is 1. The number of rotatable bonds is 1. The van der Waals surface area contributed by atoms with E-state index in [2.05, 4.69) is 32.0 Å². The Morgan fingerprint density at radius 1 is 1.38 bits per heavy atom. The lowest BCUT2D eigenvalue weighted by Crippen LogP contribution is -2.33. The van der Waals surface area contributed by atoms with Gasteiger partial charge in [0.15, 0.2) is 0 Å². The van der Waals surface area contributed by atoms with E-state index in [9.17, 15) is 0 Å². The molecule has 2 aliphatic rings. The summed E-state index contributed by atoms with van der Waals surface area (Å²) in [6.07, 6.45) is 2.44. The van der Waals surface area contributed by atoms with Gasteiger partial charge in [0.05, 0.1) is 6.61 Å². The van der Waals surface area contributed by atoms with Crippen molar-refractivity contribution in [3.63, 3.8) is 0 Å². The van der Waals surface area contributed by atoms with E-state index in [0.717, 1.165) is 12.4 Å². The van der Waals surface area contributed by atoms with Crippen molar-refractivity contribution in [2.45, 2.75) is 38.6 Å². The maximum atomic E-state index is 6.38. The minimum Gasteiger partial charge on any atom is -0.492 e. The third kappa shape index (κ3) is 1.29. The molecule has 1 atom stereocenters. The van der Waals surface area contributed by atoms with Crippen molar-refractivity contribution in [1.29, 1.82) is 0 Å². The number of fused-ring (bicyclic) bond motifs is 1. The average molecular weight is 217 g/mol. The van der Waals surface area contributed by atoms with Gasteiger partial charge in [0.25, 0.3) is 0 Å². The van der Waals surface area contributed by atoms with Gasteiger partial charge in [-0.15, -0.1) is 0 Å². The Morgan fingerprint density at radius 3 is 2.75 bits per heavy atom. The van der Waals surface area contributed by atoms with Crippen LogP contribution in [-0.2, 0) is 0 Å². The second-order valence-electron chi connectivity index (χ2n) is 5.55. The molecule has 0 aromatic heterocycles. The molecule has 1 aromatic carbocycles. The third-order valence-electron chi connectivity index (χ3n) is 4.09. The van der Waals surface area contributed by atoms with E-state index < -0.39 is 0 Å². The maximum Gasteiger partial charge on any atom is 0.127 e. The zero-order chi connectivity index (χ0) is 11.3. The average Bonchev–Trinajstić information content (AvgIpc) is 3.04. The second-order valence-corrected chi connectivity index (χ2v) is 5.55. The summed E-state index contributed by atoms with van der Waals surface area (Å²) in [4.78, 5) is 0. The summed E-state index contributed by atoms with van der Waals surface area (Å²) in [5.74, 6) is 1.55. The second kappa shape index (κ2) is 3.24. The predicted octanol–water partition coefficient (Wildman–Crippen LogP) is 2.98. The van der Waals surface area contributed by atoms with Crippen LogP contribution < -0.4 is 10.5 Å². The van der Waals surface area contributed by atoms with Crippen molar-refractivity contribution >= 4 is 0 Å². The van der Waals surface area contributed by atoms with Crippen LogP contribution in [0.15, 0.2) is 18.2 Å². The largest absolute Gasteiger partial charge is 0.492 e. The smallest absolute Gasteiger partial charge is 0.127 e. The van der Waals surface area contributed by atoms with Crippen LogP contribution in [0.25, 0.3) is 0 Å². The standard InChI is InChI=1S/C14H19NO/c1-9(2)10-4-3-5-11-12(10)16-8-14(6-7-14)13(11)15/h3-5,9,13H,6-8,15H2,1-2H3. The zero-order valence-electron chi connectivity index (χ0n) is 9.99. The normalized spacial score (nSPS) is 25.4. The van der Waals surface area contributed by atoms with E-state index in [1.165, 1.54) is 24.0 Å². The van der Waals surface area contributed by atoms with Crippen LogP contribution in [0.1, 0.15) is 49.8 Å². The van der Waals surface area contributed by atoms with Gasteiger partial charge in [0.1, 0.15) is 5.75 Å². The molecular weight excluding hydrogens is 198 g/mol. The van der Waals surface area contributed by atoms with Crippen molar-refractivity contribution in [3.8, 4) is 5.75 Å². The van der Waals surface area contributed by atoms with Gasteiger partial charge in [-0.3, -0.25) is 0 Å². The van der Waals surface area contributed by atoms with Crippen molar-refractivity contribution in [2.24, 2.45) is 11.1 Å². The summed E-state index contributed by atoms with van der Waals surface area (Å²) in [7, 11) is 0. The molecule has 0 radical (unpaired) electrons. The minimum atomic E-state index is 0.176. The van der Waals surface area contributed by atoms with E-state index in [1.807, 2.05) is 0 Å². The van der Waals surface area contributed by atoms with Crippen LogP contribution in [0.2, 0.25) is 0 Å². The molecule has 0 bridgehead atoms. The molecule has 1 heterocycles. The molecule has 2 N–H and O–H groups in total. The first-order valence-electron chi connectivity index (χ1n) is 6.15. The van der Waals surface area contributed by atoms with Crippen molar-refractivity contribution < 1.29 is 4.74 Å². The topological polar surface area (TPSA) is 35.2 Å². The van der Waals surface area contributed by atoms with E-state index in [-0.39, 0.29) is 11.5 Å². The van der Waals surface area contributed by atoms with Gasteiger partial charge in [-0.05, 0) is 24.3 Å². The van der Waals surface area contributed by atoms with Gasteiger partial charge in [-0.25, -0.2) is 0 Å². The Balaban J connectivity index is 2.08. The van der Waals surface area contributed by atoms with Crippen LogP contribution >= 0.6 is 0 Å². The van der Waals surface area contributed by atoms with Crippen LogP contribution in [-0.4, -0.2) is 6.61 Å². The molecule has 2 heteroatoms. The highest BCUT2D eigenvalue weighted by molar-refractivity contribution is 5.47. The highest BCUT2D eigenvalue weighted by atomic mass is 16.5. The lowest BCUT2D eigenvalue weighted by molar-refractivity contribution is 0.175. The number of para-hydroxylation sites is 1. The van der Waals surface area contributed by atoms with Gasteiger partial charge < -0.3 is 10.5 Å². The molecule has 0 amide bonds. The molecule has 16 heavy (non-hydrogen) atoms. The Hall–Kier alpha value is -1.02. The zero-order valence-corrected chi connectivity index (χ0v) is 9.99. The molecule has 1 aromatic rings. The van der Waals surface area contributed by atoms with Crippen LogP contribution in [0.4, 0.5) is 0 Å². The van der Waals surface area contributed by atoms with E-state index in [4.69, 9.17) is 10.5 Å². The van der Waals surface area contributed by atoms with Gasteiger partial charge >= 0.3 is 0 Å². The summed E-state index contributed by atoms with van der Waals surface area (Å²) in [5.41, 5.74) is 9.15. The fourth-order valence-corrected chi connectivity index (χ4v) is 2.69. The first-order chi connectivity index (χ1) is 7.64. The van der Waals surface area contributed by atoms with Crippen molar-refractivity contribution in [3.05, 3.63) is 29.3 Å². The lowest BCUT2D eigenvalue weighted by atomic mass is 9.86. The molecule has 3 rings (SSSR count). The SMILES string of the molecule is CC(C)c1cccc2c1OCC1(CC1)C2N. The van der Waals surface area contributed by atoms with Gasteiger partial charge in [-0.2, -0.15) is 0 Å². The molecule has 1 unspecified atom stereocenters. The van der Waals surface area contributed by atoms with E-state index in [1.54, 1.807) is 0 Å². The van der Waals surface area contributed by atoms with E-state index in [0.29, 0.717) is 5.92 Å². The monoisotopic (exact) mass is 217 g/mol. The fourth-order valence-electron chi connectivity index (χ4n) is 2.69.